The van der Waals surface area contributed by atoms with Gasteiger partial charge in [0.15, 0.2) is 0 Å². The first-order valence-electron chi connectivity index (χ1n) is 11.5. The van der Waals surface area contributed by atoms with Crippen LogP contribution in [0.1, 0.15) is 34.5 Å². The van der Waals surface area contributed by atoms with Crippen molar-refractivity contribution in [2.24, 2.45) is 0 Å². The first-order valence-corrected chi connectivity index (χ1v) is 11.5. The van der Waals surface area contributed by atoms with E-state index in [2.05, 4.69) is 32.4 Å². The second-order valence-corrected chi connectivity index (χ2v) is 8.88. The topological polar surface area (TPSA) is 108 Å². The maximum Gasteiger partial charge on any atom is 0.237 e. The highest BCUT2D eigenvalue weighted by atomic mass is 16.5. The summed E-state index contributed by atoms with van der Waals surface area (Å²) in [6.45, 7) is 5.14. The minimum Gasteiger partial charge on any atom is -0.474 e. The van der Waals surface area contributed by atoms with Crippen molar-refractivity contribution in [3.05, 3.63) is 52.6 Å². The Hall–Kier alpha value is -3.46. The van der Waals surface area contributed by atoms with E-state index < -0.39 is 0 Å². The molecule has 0 saturated carbocycles. The average molecular weight is 446 g/mol. The van der Waals surface area contributed by atoms with Crippen molar-refractivity contribution in [3.63, 3.8) is 0 Å². The molecule has 5 heterocycles. The molecule has 0 spiro atoms. The summed E-state index contributed by atoms with van der Waals surface area (Å²) in [5.41, 5.74) is 7.59. The summed E-state index contributed by atoms with van der Waals surface area (Å²) in [6, 6.07) is 3.97. The van der Waals surface area contributed by atoms with Gasteiger partial charge >= 0.3 is 0 Å². The third-order valence-corrected chi connectivity index (χ3v) is 6.68. The molecular formula is C24H27N7O2. The first-order chi connectivity index (χ1) is 16.1. The smallest absolute Gasteiger partial charge is 0.237 e. The fraction of sp³-hybridized carbons (Fsp3) is 0.417. The number of nitrogens with one attached hydrogen (secondary N) is 2. The van der Waals surface area contributed by atoms with Crippen LogP contribution in [0.4, 0.5) is 23.1 Å². The normalized spacial score (nSPS) is 19.0. The van der Waals surface area contributed by atoms with Crippen LogP contribution in [-0.2, 0) is 25.8 Å². The van der Waals surface area contributed by atoms with Gasteiger partial charge < -0.3 is 25.4 Å². The van der Waals surface area contributed by atoms with Crippen LogP contribution in [0.15, 0.2) is 24.5 Å². The van der Waals surface area contributed by atoms with Gasteiger partial charge in [-0.1, -0.05) is 6.07 Å². The molecule has 3 aromatic heterocycles. The number of aryl methyl sites for hydroxylation is 1. The zero-order valence-electron chi connectivity index (χ0n) is 18.6. The van der Waals surface area contributed by atoms with E-state index in [4.69, 9.17) is 14.7 Å². The van der Waals surface area contributed by atoms with Gasteiger partial charge in [0.1, 0.15) is 18.1 Å². The summed E-state index contributed by atoms with van der Waals surface area (Å²) in [5, 5.41) is 16.6. The molecule has 9 heteroatoms. The molecule has 0 fully saturated rings. The van der Waals surface area contributed by atoms with Crippen LogP contribution in [-0.4, -0.2) is 50.8 Å². The zero-order valence-corrected chi connectivity index (χ0v) is 18.6. The lowest BCUT2D eigenvalue weighted by atomic mass is 9.94. The van der Waals surface area contributed by atoms with Gasteiger partial charge in [-0.15, -0.1) is 0 Å². The Morgan fingerprint density at radius 1 is 1.12 bits per heavy atom. The fourth-order valence-electron chi connectivity index (χ4n) is 4.87. The van der Waals surface area contributed by atoms with Crippen LogP contribution in [0.25, 0.3) is 0 Å². The van der Waals surface area contributed by atoms with E-state index in [0.29, 0.717) is 31.4 Å². The van der Waals surface area contributed by atoms with Crippen molar-refractivity contribution in [2.75, 3.05) is 35.2 Å². The number of fused-ring (bicyclic) bond motifs is 3. The monoisotopic (exact) mass is 445 g/mol. The van der Waals surface area contributed by atoms with Crippen molar-refractivity contribution in [3.8, 4) is 5.88 Å². The lowest BCUT2D eigenvalue weighted by Gasteiger charge is -2.32. The minimum atomic E-state index is -0.262. The molecule has 0 amide bonds. The van der Waals surface area contributed by atoms with Gasteiger partial charge in [-0.05, 0) is 43.4 Å². The molecule has 0 radical (unpaired) electrons. The SMILES string of the molecule is Cc1c(N2CCc3cnc(Nc4ccc5c(n4)CCC(O)C5)nc3C2)cnc2c1NCCO2. The summed E-state index contributed by atoms with van der Waals surface area (Å²) in [6.07, 6.45) is 6.67. The maximum absolute atomic E-state index is 9.87. The Kier molecular flexibility index (Phi) is 4.98. The molecule has 3 aromatic rings. The molecule has 2 aliphatic heterocycles. The van der Waals surface area contributed by atoms with Crippen molar-refractivity contribution in [2.45, 2.75) is 45.3 Å². The average Bonchev–Trinajstić information content (AvgIpc) is 2.84. The summed E-state index contributed by atoms with van der Waals surface area (Å²) in [7, 11) is 0. The minimum absolute atomic E-state index is 0.262. The van der Waals surface area contributed by atoms with Crippen LogP contribution in [0.5, 0.6) is 5.88 Å². The van der Waals surface area contributed by atoms with E-state index in [-0.39, 0.29) is 6.10 Å². The molecule has 1 unspecified atom stereocenters. The van der Waals surface area contributed by atoms with Crippen molar-refractivity contribution in [1.82, 2.24) is 19.9 Å². The zero-order chi connectivity index (χ0) is 22.4. The predicted molar refractivity (Wildman–Crippen MR) is 125 cm³/mol. The molecule has 170 valence electrons. The van der Waals surface area contributed by atoms with Crippen molar-refractivity contribution in [1.29, 1.82) is 0 Å². The van der Waals surface area contributed by atoms with Crippen LogP contribution >= 0.6 is 0 Å². The van der Waals surface area contributed by atoms with E-state index in [0.717, 1.165) is 72.1 Å². The largest absolute Gasteiger partial charge is 0.474 e. The van der Waals surface area contributed by atoms with Gasteiger partial charge in [-0.25, -0.2) is 19.9 Å². The van der Waals surface area contributed by atoms with E-state index >= 15 is 0 Å². The Balaban J connectivity index is 1.23. The van der Waals surface area contributed by atoms with Crippen LogP contribution in [0.3, 0.4) is 0 Å². The van der Waals surface area contributed by atoms with E-state index in [1.165, 1.54) is 5.56 Å². The molecule has 3 N–H and O–H groups in total. The lowest BCUT2D eigenvalue weighted by Crippen LogP contribution is -2.32. The van der Waals surface area contributed by atoms with E-state index in [1.54, 1.807) is 0 Å². The summed E-state index contributed by atoms with van der Waals surface area (Å²) in [5.74, 6) is 1.97. The van der Waals surface area contributed by atoms with Gasteiger partial charge in [0, 0.05) is 37.0 Å². The van der Waals surface area contributed by atoms with Gasteiger partial charge in [0.2, 0.25) is 11.8 Å². The quantitative estimate of drug-likeness (QED) is 0.560. The third-order valence-electron chi connectivity index (χ3n) is 6.68. The van der Waals surface area contributed by atoms with E-state index in [9.17, 15) is 5.11 Å². The molecule has 6 rings (SSSR count). The lowest BCUT2D eigenvalue weighted by molar-refractivity contribution is 0.158. The summed E-state index contributed by atoms with van der Waals surface area (Å²) < 4.78 is 5.68. The number of pyridine rings is 2. The first kappa shape index (κ1) is 20.2. The Bertz CT molecular complexity index is 1220. The maximum atomic E-state index is 9.87. The van der Waals surface area contributed by atoms with Gasteiger partial charge in [-0.2, -0.15) is 0 Å². The number of rotatable bonds is 3. The number of hydrogen-bond donors (Lipinski definition) is 3. The number of hydrogen-bond acceptors (Lipinski definition) is 9. The number of ether oxygens (including phenoxy) is 1. The Morgan fingerprint density at radius 3 is 3.00 bits per heavy atom. The summed E-state index contributed by atoms with van der Waals surface area (Å²) >= 11 is 0. The number of aliphatic hydroxyl groups is 1. The highest BCUT2D eigenvalue weighted by Gasteiger charge is 2.24. The fourth-order valence-corrected chi connectivity index (χ4v) is 4.87. The van der Waals surface area contributed by atoms with Crippen LogP contribution < -0.4 is 20.3 Å². The van der Waals surface area contributed by atoms with Gasteiger partial charge in [0.25, 0.3) is 0 Å². The Morgan fingerprint density at radius 2 is 2.06 bits per heavy atom. The predicted octanol–water partition coefficient (Wildman–Crippen LogP) is 2.54. The molecule has 1 atom stereocenters. The third kappa shape index (κ3) is 3.82. The molecule has 3 aliphatic rings. The molecule has 1 aliphatic carbocycles. The molecular weight excluding hydrogens is 418 g/mol. The van der Waals surface area contributed by atoms with Crippen LogP contribution in [0.2, 0.25) is 0 Å². The molecule has 0 bridgehead atoms. The highest BCUT2D eigenvalue weighted by molar-refractivity contribution is 5.70. The van der Waals surface area contributed by atoms with Crippen molar-refractivity contribution < 1.29 is 9.84 Å². The van der Waals surface area contributed by atoms with E-state index in [1.807, 2.05) is 24.5 Å². The van der Waals surface area contributed by atoms with Gasteiger partial charge in [-0.3, -0.25) is 0 Å². The second-order valence-electron chi connectivity index (χ2n) is 8.88. The van der Waals surface area contributed by atoms with Gasteiger partial charge in [0.05, 0.1) is 30.2 Å². The standard InChI is InChI=1S/C24H27N7O2/c1-14-20(12-26-23-22(14)25-7-9-33-23)31-8-6-16-11-27-24(29-19(16)13-31)30-21-5-2-15-10-17(32)3-4-18(15)28-21/h2,5,11-12,17,25,32H,3-4,6-10,13H2,1H3,(H,27,28,29,30). The molecule has 0 aromatic carbocycles. The number of aromatic nitrogens is 4. The Labute approximate surface area is 192 Å². The summed E-state index contributed by atoms with van der Waals surface area (Å²) in [4.78, 5) is 20.9. The molecule has 0 saturated heterocycles. The number of anilines is 4. The van der Waals surface area contributed by atoms with Crippen LogP contribution in [0, 0.1) is 6.92 Å². The second kappa shape index (κ2) is 8.15. The number of aliphatic hydroxyl groups excluding tert-OH is 1. The molecule has 9 nitrogen and oxygen atoms in total. The van der Waals surface area contributed by atoms with Crippen molar-refractivity contribution >= 4 is 23.1 Å². The molecule has 33 heavy (non-hydrogen) atoms. The highest BCUT2D eigenvalue weighted by Crippen LogP contribution is 2.36. The number of nitrogens with zero attached hydrogens (tertiary/aromatic N) is 5.